The zero-order valence-electron chi connectivity index (χ0n) is 11.6. The SMILES string of the molecule is Cc1cn(CC2CCCC2)c2cc(C(=O)O)ccc12.Cl. The number of nitrogens with zero attached hydrogens (tertiary/aromatic N) is 1. The van der Waals surface area contributed by atoms with Crippen molar-refractivity contribution < 1.29 is 9.90 Å². The summed E-state index contributed by atoms with van der Waals surface area (Å²) in [5.74, 6) is -0.100. The molecule has 1 aliphatic rings. The van der Waals surface area contributed by atoms with Crippen LogP contribution in [0.25, 0.3) is 10.9 Å². The molecule has 2 aromatic rings. The third-order valence-corrected chi connectivity index (χ3v) is 4.26. The molecule has 0 atom stereocenters. The first-order valence-electron chi connectivity index (χ1n) is 6.98. The maximum atomic E-state index is 11.1. The second-order valence-electron chi connectivity index (χ2n) is 5.65. The van der Waals surface area contributed by atoms with E-state index in [-0.39, 0.29) is 12.4 Å². The fourth-order valence-corrected chi connectivity index (χ4v) is 3.23. The minimum Gasteiger partial charge on any atom is -0.478 e. The summed E-state index contributed by atoms with van der Waals surface area (Å²) in [4.78, 5) is 11.1. The molecule has 0 bridgehead atoms. The van der Waals surface area contributed by atoms with Gasteiger partial charge in [0.25, 0.3) is 0 Å². The van der Waals surface area contributed by atoms with Crippen LogP contribution in [0.3, 0.4) is 0 Å². The lowest BCUT2D eigenvalue weighted by atomic mass is 10.1. The van der Waals surface area contributed by atoms with Gasteiger partial charge in [0.05, 0.1) is 5.56 Å². The molecule has 1 fully saturated rings. The third-order valence-electron chi connectivity index (χ3n) is 4.26. The van der Waals surface area contributed by atoms with Gasteiger partial charge in [-0.3, -0.25) is 0 Å². The second-order valence-corrected chi connectivity index (χ2v) is 5.65. The minimum atomic E-state index is -0.854. The van der Waals surface area contributed by atoms with Crippen LogP contribution in [0.1, 0.15) is 41.6 Å². The molecule has 1 aromatic carbocycles. The number of carbonyl (C=O) groups is 1. The van der Waals surface area contributed by atoms with E-state index in [1.54, 1.807) is 12.1 Å². The lowest BCUT2D eigenvalue weighted by Crippen LogP contribution is -2.06. The van der Waals surface area contributed by atoms with Crippen molar-refractivity contribution in [3.05, 3.63) is 35.5 Å². The molecule has 0 radical (unpaired) electrons. The van der Waals surface area contributed by atoms with Gasteiger partial charge < -0.3 is 9.67 Å². The average Bonchev–Trinajstić information content (AvgIpc) is 2.99. The maximum absolute atomic E-state index is 11.1. The Labute approximate surface area is 125 Å². The molecule has 0 unspecified atom stereocenters. The van der Waals surface area contributed by atoms with E-state index in [0.717, 1.165) is 18.0 Å². The van der Waals surface area contributed by atoms with Crippen LogP contribution in [0.2, 0.25) is 0 Å². The van der Waals surface area contributed by atoms with Crippen LogP contribution < -0.4 is 0 Å². The highest BCUT2D eigenvalue weighted by Gasteiger charge is 2.17. The molecule has 3 nitrogen and oxygen atoms in total. The first kappa shape index (κ1) is 14.9. The van der Waals surface area contributed by atoms with Gasteiger partial charge in [-0.05, 0) is 43.4 Å². The summed E-state index contributed by atoms with van der Waals surface area (Å²) in [5, 5.41) is 10.3. The molecule has 0 aliphatic heterocycles. The molecule has 1 aromatic heterocycles. The number of hydrogen-bond acceptors (Lipinski definition) is 1. The smallest absolute Gasteiger partial charge is 0.335 e. The van der Waals surface area contributed by atoms with Crippen LogP contribution in [0.4, 0.5) is 0 Å². The van der Waals surface area contributed by atoms with Gasteiger partial charge in [-0.25, -0.2) is 4.79 Å². The van der Waals surface area contributed by atoms with Crippen LogP contribution in [0.5, 0.6) is 0 Å². The average molecular weight is 294 g/mol. The number of rotatable bonds is 3. The van der Waals surface area contributed by atoms with E-state index in [0.29, 0.717) is 5.56 Å². The standard InChI is InChI=1S/C16H19NO2.ClH/c1-11-9-17(10-12-4-2-3-5-12)15-8-13(16(18)19)6-7-14(11)15;/h6-9,12H,2-5,10H2,1H3,(H,18,19);1H. The molecule has 108 valence electrons. The number of halogens is 1. The zero-order valence-corrected chi connectivity index (χ0v) is 12.4. The molecule has 1 saturated carbocycles. The molecule has 1 heterocycles. The fourth-order valence-electron chi connectivity index (χ4n) is 3.23. The fraction of sp³-hybridized carbons (Fsp3) is 0.438. The number of aryl methyl sites for hydroxylation is 1. The molecule has 3 rings (SSSR count). The number of carboxylic acids is 1. The Morgan fingerprint density at radius 2 is 2.05 bits per heavy atom. The normalized spacial score (nSPS) is 15.4. The molecular formula is C16H20ClNO2. The highest BCUT2D eigenvalue weighted by Crippen LogP contribution is 2.29. The van der Waals surface area contributed by atoms with E-state index in [1.165, 1.54) is 36.6 Å². The molecule has 1 N–H and O–H groups in total. The summed E-state index contributed by atoms with van der Waals surface area (Å²) in [6.07, 6.45) is 7.44. The van der Waals surface area contributed by atoms with Crippen molar-refractivity contribution in [3.63, 3.8) is 0 Å². The van der Waals surface area contributed by atoms with E-state index < -0.39 is 5.97 Å². The van der Waals surface area contributed by atoms with Gasteiger partial charge in [-0.15, -0.1) is 12.4 Å². The van der Waals surface area contributed by atoms with Gasteiger partial charge >= 0.3 is 5.97 Å². The molecule has 1 aliphatic carbocycles. The summed E-state index contributed by atoms with van der Waals surface area (Å²) in [7, 11) is 0. The van der Waals surface area contributed by atoms with Gasteiger partial charge in [0, 0.05) is 23.6 Å². The van der Waals surface area contributed by atoms with Crippen molar-refractivity contribution in [2.75, 3.05) is 0 Å². The van der Waals surface area contributed by atoms with Crippen LogP contribution in [-0.2, 0) is 6.54 Å². The lowest BCUT2D eigenvalue weighted by molar-refractivity contribution is 0.0697. The largest absolute Gasteiger partial charge is 0.478 e. The maximum Gasteiger partial charge on any atom is 0.335 e. The summed E-state index contributed by atoms with van der Waals surface area (Å²) in [6.45, 7) is 3.11. The third kappa shape index (κ3) is 2.68. The topological polar surface area (TPSA) is 42.2 Å². The number of benzene rings is 1. The first-order chi connectivity index (χ1) is 9.15. The number of fused-ring (bicyclic) bond motifs is 1. The summed E-state index contributed by atoms with van der Waals surface area (Å²) < 4.78 is 2.24. The van der Waals surface area contributed by atoms with Crippen molar-refractivity contribution in [1.82, 2.24) is 4.57 Å². The summed E-state index contributed by atoms with van der Waals surface area (Å²) in [6, 6.07) is 5.43. The number of aromatic nitrogens is 1. The molecule has 0 saturated heterocycles. The Bertz CT molecular complexity index is 627. The van der Waals surface area contributed by atoms with Crippen LogP contribution in [0.15, 0.2) is 24.4 Å². The van der Waals surface area contributed by atoms with Gasteiger partial charge in [-0.1, -0.05) is 18.9 Å². The van der Waals surface area contributed by atoms with E-state index >= 15 is 0 Å². The number of hydrogen-bond donors (Lipinski definition) is 1. The van der Waals surface area contributed by atoms with Crippen molar-refractivity contribution in [2.24, 2.45) is 5.92 Å². The summed E-state index contributed by atoms with van der Waals surface area (Å²) in [5.41, 5.74) is 2.66. The van der Waals surface area contributed by atoms with E-state index in [4.69, 9.17) is 5.11 Å². The van der Waals surface area contributed by atoms with E-state index in [2.05, 4.69) is 17.7 Å². The molecule has 0 amide bonds. The predicted molar refractivity (Wildman–Crippen MR) is 82.8 cm³/mol. The summed E-state index contributed by atoms with van der Waals surface area (Å²) >= 11 is 0. The molecule has 0 spiro atoms. The van der Waals surface area contributed by atoms with E-state index in [9.17, 15) is 4.79 Å². The van der Waals surface area contributed by atoms with Gasteiger partial charge in [0.1, 0.15) is 0 Å². The predicted octanol–water partition coefficient (Wildman–Crippen LogP) is 4.26. The number of aromatic carboxylic acids is 1. The minimum absolute atomic E-state index is 0. The highest BCUT2D eigenvalue weighted by molar-refractivity contribution is 5.94. The van der Waals surface area contributed by atoms with Crippen molar-refractivity contribution in [1.29, 1.82) is 0 Å². The van der Waals surface area contributed by atoms with Crippen molar-refractivity contribution in [2.45, 2.75) is 39.2 Å². The van der Waals surface area contributed by atoms with Gasteiger partial charge in [-0.2, -0.15) is 0 Å². The molecule has 20 heavy (non-hydrogen) atoms. The van der Waals surface area contributed by atoms with E-state index in [1.807, 2.05) is 6.07 Å². The Morgan fingerprint density at radius 1 is 1.35 bits per heavy atom. The quantitative estimate of drug-likeness (QED) is 0.919. The first-order valence-corrected chi connectivity index (χ1v) is 6.98. The Balaban J connectivity index is 0.00000147. The van der Waals surface area contributed by atoms with Crippen LogP contribution in [0, 0.1) is 12.8 Å². The van der Waals surface area contributed by atoms with Crippen molar-refractivity contribution in [3.8, 4) is 0 Å². The monoisotopic (exact) mass is 293 g/mol. The van der Waals surface area contributed by atoms with Gasteiger partial charge in [0.2, 0.25) is 0 Å². The number of carboxylic acid groups (broad SMARTS) is 1. The molecular weight excluding hydrogens is 274 g/mol. The Kier molecular flexibility index (Phi) is 4.39. The van der Waals surface area contributed by atoms with Gasteiger partial charge in [0.15, 0.2) is 0 Å². The Hall–Kier alpha value is -1.48. The lowest BCUT2D eigenvalue weighted by Gasteiger charge is -2.11. The van der Waals surface area contributed by atoms with Crippen molar-refractivity contribution >= 4 is 29.3 Å². The highest BCUT2D eigenvalue weighted by atomic mass is 35.5. The second kappa shape index (κ2) is 5.88. The zero-order chi connectivity index (χ0) is 13.4. The Morgan fingerprint density at radius 3 is 2.70 bits per heavy atom. The van der Waals surface area contributed by atoms with Crippen LogP contribution in [-0.4, -0.2) is 15.6 Å². The molecule has 4 heteroatoms. The van der Waals surface area contributed by atoms with Crippen LogP contribution >= 0.6 is 12.4 Å².